The van der Waals surface area contributed by atoms with Gasteiger partial charge in [-0.05, 0) is 26.2 Å². The fourth-order valence-electron chi connectivity index (χ4n) is 2.26. The van der Waals surface area contributed by atoms with E-state index in [2.05, 4.69) is 11.8 Å². The van der Waals surface area contributed by atoms with Crippen LogP contribution < -0.4 is 5.73 Å². The predicted octanol–water partition coefficient (Wildman–Crippen LogP) is 0.524. The van der Waals surface area contributed by atoms with Gasteiger partial charge in [0.25, 0.3) is 0 Å². The van der Waals surface area contributed by atoms with Crippen molar-refractivity contribution < 1.29 is 4.79 Å². The van der Waals surface area contributed by atoms with Gasteiger partial charge in [-0.1, -0.05) is 6.92 Å². The van der Waals surface area contributed by atoms with Gasteiger partial charge < -0.3 is 10.6 Å². The molecule has 2 unspecified atom stereocenters. The highest BCUT2D eigenvalue weighted by Crippen LogP contribution is 2.14. The third kappa shape index (κ3) is 3.46. The maximum Gasteiger partial charge on any atom is 0.236 e. The molecule has 0 radical (unpaired) electrons. The van der Waals surface area contributed by atoms with Gasteiger partial charge in [-0.25, -0.2) is 0 Å². The van der Waals surface area contributed by atoms with E-state index in [9.17, 15) is 4.79 Å². The summed E-state index contributed by atoms with van der Waals surface area (Å²) in [7, 11) is 0. The average Bonchev–Trinajstić information content (AvgIpc) is 2.25. The van der Waals surface area contributed by atoms with E-state index in [0.717, 1.165) is 32.6 Å². The Kier molecular flexibility index (Phi) is 5.22. The highest BCUT2D eigenvalue weighted by molar-refractivity contribution is 5.78. The molecule has 1 aliphatic heterocycles. The Morgan fingerprint density at radius 3 is 2.56 bits per heavy atom. The summed E-state index contributed by atoms with van der Waals surface area (Å²) in [6.45, 7) is 10.3. The van der Waals surface area contributed by atoms with E-state index in [1.54, 1.807) is 0 Å². The van der Waals surface area contributed by atoms with E-state index in [-0.39, 0.29) is 5.91 Å². The van der Waals surface area contributed by atoms with Gasteiger partial charge in [-0.2, -0.15) is 0 Å². The summed E-state index contributed by atoms with van der Waals surface area (Å²) in [5.41, 5.74) is 5.96. The highest BCUT2D eigenvalue weighted by atomic mass is 16.2. The number of likely N-dealkylation sites (N-methyl/N-ethyl adjacent to an activating group) is 1. The molecule has 2 atom stereocenters. The van der Waals surface area contributed by atoms with Gasteiger partial charge in [-0.15, -0.1) is 0 Å². The molecule has 1 aliphatic rings. The van der Waals surface area contributed by atoms with Crippen molar-refractivity contribution in [3.63, 3.8) is 0 Å². The third-order valence-electron chi connectivity index (χ3n) is 3.53. The number of piperidine rings is 1. The Balaban J connectivity index is 2.40. The second-order valence-electron chi connectivity index (χ2n) is 4.73. The normalized spacial score (nSPS) is 26.8. The Hall–Kier alpha value is -0.610. The molecule has 0 aromatic heterocycles. The number of likely N-dealkylation sites (tertiary alicyclic amines) is 1. The van der Waals surface area contributed by atoms with Crippen molar-refractivity contribution in [3.05, 3.63) is 0 Å². The summed E-state index contributed by atoms with van der Waals surface area (Å²) in [6, 6.07) is 0.305. The number of nitrogens with two attached hydrogens (primary N) is 1. The zero-order valence-electron chi connectivity index (χ0n) is 10.8. The van der Waals surface area contributed by atoms with Gasteiger partial charge >= 0.3 is 0 Å². The lowest BCUT2D eigenvalue weighted by atomic mass is 9.95. The Bertz CT molecular complexity index is 228. The van der Waals surface area contributed by atoms with E-state index in [1.165, 1.54) is 0 Å². The van der Waals surface area contributed by atoms with Crippen LogP contribution in [0.4, 0.5) is 0 Å². The molecule has 4 heteroatoms. The van der Waals surface area contributed by atoms with Crippen LogP contribution >= 0.6 is 0 Å². The van der Waals surface area contributed by atoms with Crippen molar-refractivity contribution >= 4 is 5.91 Å². The third-order valence-corrected chi connectivity index (χ3v) is 3.53. The number of carbonyl (C=O) groups excluding carboxylic acids is 1. The van der Waals surface area contributed by atoms with Crippen molar-refractivity contribution in [1.82, 2.24) is 9.80 Å². The van der Waals surface area contributed by atoms with Crippen LogP contribution in [0.5, 0.6) is 0 Å². The fourth-order valence-corrected chi connectivity index (χ4v) is 2.26. The summed E-state index contributed by atoms with van der Waals surface area (Å²) in [4.78, 5) is 16.0. The Morgan fingerprint density at radius 1 is 1.44 bits per heavy atom. The van der Waals surface area contributed by atoms with Crippen molar-refractivity contribution in [2.45, 2.75) is 33.2 Å². The van der Waals surface area contributed by atoms with Crippen LogP contribution in [0.15, 0.2) is 0 Å². The van der Waals surface area contributed by atoms with Crippen LogP contribution in [0.3, 0.4) is 0 Å². The molecule has 16 heavy (non-hydrogen) atoms. The largest absolute Gasteiger partial charge is 0.342 e. The first kappa shape index (κ1) is 13.5. The molecule has 0 aromatic carbocycles. The van der Waals surface area contributed by atoms with Crippen LogP contribution in [0.25, 0.3) is 0 Å². The Labute approximate surface area is 98.8 Å². The molecular weight excluding hydrogens is 202 g/mol. The van der Waals surface area contributed by atoms with Gasteiger partial charge in [-0.3, -0.25) is 9.69 Å². The molecule has 1 fully saturated rings. The first-order chi connectivity index (χ1) is 7.58. The summed E-state index contributed by atoms with van der Waals surface area (Å²) in [5.74, 6) is 0.742. The maximum atomic E-state index is 11.9. The molecule has 1 rings (SSSR count). The van der Waals surface area contributed by atoms with Crippen LogP contribution in [0, 0.1) is 5.92 Å². The molecule has 1 heterocycles. The molecule has 0 bridgehead atoms. The summed E-state index contributed by atoms with van der Waals surface area (Å²) in [6.07, 6.45) is 1.01. The quantitative estimate of drug-likeness (QED) is 0.762. The standard InChI is InChI=1S/C12H25N3O/c1-4-15(5-2)12(16)9-14-7-6-11(13)10(3)8-14/h10-11H,4-9,13H2,1-3H3. The van der Waals surface area contributed by atoms with Gasteiger partial charge in [0.2, 0.25) is 5.91 Å². The van der Waals surface area contributed by atoms with Gasteiger partial charge in [0.1, 0.15) is 0 Å². The second kappa shape index (κ2) is 6.21. The van der Waals surface area contributed by atoms with Crippen LogP contribution in [-0.4, -0.2) is 54.5 Å². The minimum absolute atomic E-state index is 0.243. The lowest BCUT2D eigenvalue weighted by Crippen LogP contribution is -2.49. The van der Waals surface area contributed by atoms with E-state index in [0.29, 0.717) is 18.5 Å². The second-order valence-corrected chi connectivity index (χ2v) is 4.73. The monoisotopic (exact) mass is 227 g/mol. The minimum atomic E-state index is 0.243. The SMILES string of the molecule is CCN(CC)C(=O)CN1CCC(N)C(C)C1. The lowest BCUT2D eigenvalue weighted by molar-refractivity contribution is -0.132. The molecule has 1 saturated heterocycles. The average molecular weight is 227 g/mol. The van der Waals surface area contributed by atoms with E-state index < -0.39 is 0 Å². The van der Waals surface area contributed by atoms with Gasteiger partial charge in [0.05, 0.1) is 6.54 Å². The molecule has 1 amide bonds. The molecule has 0 aromatic rings. The van der Waals surface area contributed by atoms with E-state index >= 15 is 0 Å². The molecular formula is C12H25N3O. The summed E-state index contributed by atoms with van der Waals surface area (Å²) < 4.78 is 0. The number of hydrogen-bond acceptors (Lipinski definition) is 3. The molecule has 0 aliphatic carbocycles. The summed E-state index contributed by atoms with van der Waals surface area (Å²) in [5, 5.41) is 0. The van der Waals surface area contributed by atoms with Crippen LogP contribution in [0.1, 0.15) is 27.2 Å². The molecule has 4 nitrogen and oxygen atoms in total. The highest BCUT2D eigenvalue weighted by Gasteiger charge is 2.25. The van der Waals surface area contributed by atoms with Gasteiger partial charge in [0.15, 0.2) is 0 Å². The van der Waals surface area contributed by atoms with E-state index in [1.807, 2.05) is 18.7 Å². The number of amides is 1. The van der Waals surface area contributed by atoms with Crippen molar-refractivity contribution in [2.75, 3.05) is 32.7 Å². The van der Waals surface area contributed by atoms with E-state index in [4.69, 9.17) is 5.73 Å². The zero-order chi connectivity index (χ0) is 12.1. The molecule has 94 valence electrons. The first-order valence-corrected chi connectivity index (χ1v) is 6.34. The zero-order valence-corrected chi connectivity index (χ0v) is 10.8. The van der Waals surface area contributed by atoms with Crippen molar-refractivity contribution in [3.8, 4) is 0 Å². The van der Waals surface area contributed by atoms with Gasteiger partial charge in [0, 0.05) is 32.2 Å². The number of hydrogen-bond donors (Lipinski definition) is 1. The van der Waals surface area contributed by atoms with Crippen LogP contribution in [-0.2, 0) is 4.79 Å². The topological polar surface area (TPSA) is 49.6 Å². The number of nitrogens with zero attached hydrogens (tertiary/aromatic N) is 2. The molecule has 2 N–H and O–H groups in total. The molecule has 0 saturated carbocycles. The summed E-state index contributed by atoms with van der Waals surface area (Å²) >= 11 is 0. The Morgan fingerprint density at radius 2 is 2.06 bits per heavy atom. The lowest BCUT2D eigenvalue weighted by Gasteiger charge is -2.35. The fraction of sp³-hybridized carbons (Fsp3) is 0.917. The minimum Gasteiger partial charge on any atom is -0.342 e. The van der Waals surface area contributed by atoms with Crippen molar-refractivity contribution in [2.24, 2.45) is 11.7 Å². The first-order valence-electron chi connectivity index (χ1n) is 6.34. The molecule has 0 spiro atoms. The number of rotatable bonds is 4. The van der Waals surface area contributed by atoms with Crippen molar-refractivity contribution in [1.29, 1.82) is 0 Å². The predicted molar refractivity (Wildman–Crippen MR) is 66.1 cm³/mol. The maximum absolute atomic E-state index is 11.9. The number of carbonyl (C=O) groups is 1. The smallest absolute Gasteiger partial charge is 0.236 e. The van der Waals surface area contributed by atoms with Crippen LogP contribution in [0.2, 0.25) is 0 Å².